The van der Waals surface area contributed by atoms with Crippen molar-refractivity contribution in [3.8, 4) is 0 Å². The molecule has 0 aromatic heterocycles. The van der Waals surface area contributed by atoms with Crippen molar-refractivity contribution in [2.24, 2.45) is 44.8 Å². The Morgan fingerprint density at radius 3 is 2.41 bits per heavy atom. The maximum absolute atomic E-state index is 12.7. The van der Waals surface area contributed by atoms with E-state index in [0.29, 0.717) is 11.8 Å². The van der Waals surface area contributed by atoms with Gasteiger partial charge >= 0.3 is 0 Å². The van der Waals surface area contributed by atoms with Crippen LogP contribution in [0, 0.1) is 57.2 Å². The van der Waals surface area contributed by atoms with Crippen LogP contribution in [0.25, 0.3) is 0 Å². The van der Waals surface area contributed by atoms with E-state index in [1.165, 1.54) is 17.9 Å². The topological polar surface area (TPSA) is 57.5 Å². The molecule has 4 fully saturated rings. The molecular weight excluding hydrogens is 631 g/mol. The average molecular weight is 675 g/mol. The molecule has 5 heteroatoms. The van der Waals surface area contributed by atoms with Crippen molar-refractivity contribution in [1.29, 1.82) is 0 Å². The van der Waals surface area contributed by atoms with Gasteiger partial charge in [-0.1, -0.05) is 77.0 Å². The zero-order valence-corrected chi connectivity index (χ0v) is 26.3. The molecule has 3 unspecified atom stereocenters. The molecule has 1 radical (unpaired) electrons. The van der Waals surface area contributed by atoms with Crippen molar-refractivity contribution in [2.75, 3.05) is 0 Å². The van der Waals surface area contributed by atoms with Gasteiger partial charge in [-0.3, -0.25) is 10.7 Å². The first-order valence-electron chi connectivity index (χ1n) is 13.1. The molecule has 0 amide bonds. The molecule has 0 bridgehead atoms. The first kappa shape index (κ1) is 29.0. The van der Waals surface area contributed by atoms with Gasteiger partial charge in [-0.15, -0.1) is 0 Å². The molecule has 0 aromatic rings. The van der Waals surface area contributed by atoms with E-state index >= 15 is 0 Å². The molecule has 5 aliphatic carbocycles. The molecule has 0 saturated heterocycles. The van der Waals surface area contributed by atoms with Gasteiger partial charge in [0.2, 0.25) is 0 Å². The van der Waals surface area contributed by atoms with Crippen molar-refractivity contribution < 1.29 is 54.6 Å². The van der Waals surface area contributed by atoms with Gasteiger partial charge < -0.3 is 16.6 Å². The van der Waals surface area contributed by atoms with Crippen LogP contribution in [0.3, 0.4) is 0 Å². The maximum atomic E-state index is 12.7. The number of carboxylic acids is 1. The van der Waals surface area contributed by atoms with Gasteiger partial charge in [0.05, 0.1) is 0 Å². The Morgan fingerprint density at radius 1 is 1.09 bits per heavy atom. The number of carboxylic acid groups (broad SMARTS) is 1. The van der Waals surface area contributed by atoms with Crippen LogP contribution in [-0.4, -0.2) is 22.3 Å². The van der Waals surface area contributed by atoms with Crippen molar-refractivity contribution in [3.05, 3.63) is 24.0 Å². The standard InChI is InChI=1S/C29H44O3.V.W/c1-18-19-9-12-28(6)23(26(19,4)11-10-22(18)30)8-7-20-21-17-25(2,3)13-15-29(21,24(31)32)16-14-27(20,28)5;;/h7,16,19,21-23,30H,8-15,17H2,1-6H3,(H,31,32);;/q-2;;/t19-,21?,22-,23?,26?,27+,28-,29-;;/m0../s1. The second-order valence-electron chi connectivity index (χ2n) is 13.8. The number of carbonyl (C=O) groups is 1. The van der Waals surface area contributed by atoms with Gasteiger partial charge in [-0.2, -0.15) is 19.3 Å². The third-order valence-electron chi connectivity index (χ3n) is 12.1. The summed E-state index contributed by atoms with van der Waals surface area (Å²) < 4.78 is 0. The Labute approximate surface area is 233 Å². The molecule has 191 valence electrons. The maximum Gasteiger partial charge on any atom is 0.279 e. The van der Waals surface area contributed by atoms with Gasteiger partial charge in [0.15, 0.2) is 0 Å². The predicted octanol–water partition coefficient (Wildman–Crippen LogP) is 6.61. The largest absolute Gasteiger partial charge is 0.483 e. The number of hydrogen-bond acceptors (Lipinski definition) is 2. The fraction of sp³-hybridized carbons (Fsp3) is 0.828. The van der Waals surface area contributed by atoms with Crippen LogP contribution in [-0.2, 0) is 44.4 Å². The van der Waals surface area contributed by atoms with E-state index in [4.69, 9.17) is 0 Å². The summed E-state index contributed by atoms with van der Waals surface area (Å²) in [5, 5.41) is 21.0. The summed E-state index contributed by atoms with van der Waals surface area (Å²) in [5.74, 6) is 1.95. The SMILES string of the molecule is C[C-]1[C@@H](O)CCC2(C)C3CC=C4C5CC(C)(C)CC[C@]5(C(=O)O)[CH-]C[C@@]4(C)[C@@]3(C)CC[C@@H]12.[V].[W]. The van der Waals surface area contributed by atoms with E-state index in [0.717, 1.165) is 51.4 Å². The number of allylic oxidation sites excluding steroid dienone is 2. The van der Waals surface area contributed by atoms with Crippen molar-refractivity contribution in [3.63, 3.8) is 0 Å². The van der Waals surface area contributed by atoms with E-state index in [1.807, 2.05) is 0 Å². The molecular formula is C29H44O3VW-2. The number of aliphatic hydroxyl groups is 1. The summed E-state index contributed by atoms with van der Waals surface area (Å²) in [4.78, 5) is 12.7. The van der Waals surface area contributed by atoms with Gasteiger partial charge in [0, 0.05) is 39.6 Å². The van der Waals surface area contributed by atoms with Crippen LogP contribution in [0.5, 0.6) is 0 Å². The molecule has 8 atom stereocenters. The van der Waals surface area contributed by atoms with Crippen LogP contribution < -0.4 is 0 Å². The minimum atomic E-state index is -0.676. The summed E-state index contributed by atoms with van der Waals surface area (Å²) in [6, 6.07) is 0. The first-order valence-corrected chi connectivity index (χ1v) is 13.1. The molecule has 0 spiro atoms. The Morgan fingerprint density at radius 2 is 1.76 bits per heavy atom. The molecule has 3 nitrogen and oxygen atoms in total. The second-order valence-corrected chi connectivity index (χ2v) is 13.8. The van der Waals surface area contributed by atoms with E-state index < -0.39 is 11.4 Å². The average Bonchev–Trinajstić information content (AvgIpc) is 2.71. The van der Waals surface area contributed by atoms with Crippen molar-refractivity contribution >= 4 is 5.97 Å². The Balaban J connectivity index is 0.00000162. The van der Waals surface area contributed by atoms with E-state index in [2.05, 4.69) is 54.0 Å². The molecule has 0 heterocycles. The number of aliphatic carboxylic acids is 1. The summed E-state index contributed by atoms with van der Waals surface area (Å²) in [6.45, 7) is 14.4. The summed E-state index contributed by atoms with van der Waals surface area (Å²) in [6.07, 6.45) is 13.6. The van der Waals surface area contributed by atoms with Crippen molar-refractivity contribution in [1.82, 2.24) is 0 Å². The number of aliphatic hydroxyl groups excluding tert-OH is 1. The fourth-order valence-electron chi connectivity index (χ4n) is 9.71. The van der Waals surface area contributed by atoms with E-state index in [1.54, 1.807) is 0 Å². The summed E-state index contributed by atoms with van der Waals surface area (Å²) >= 11 is 0. The molecule has 4 saturated carbocycles. The smallest absolute Gasteiger partial charge is 0.279 e. The van der Waals surface area contributed by atoms with Gasteiger partial charge in [0.1, 0.15) is 0 Å². The van der Waals surface area contributed by atoms with Crippen LogP contribution in [0.4, 0.5) is 0 Å². The van der Waals surface area contributed by atoms with Crippen LogP contribution >= 0.6 is 0 Å². The normalized spacial score (nSPS) is 49.6. The molecule has 5 rings (SSSR count). The molecule has 2 N–H and O–H groups in total. The number of hydrogen-bond donors (Lipinski definition) is 2. The monoisotopic (exact) mass is 675 g/mol. The quantitative estimate of drug-likeness (QED) is 0.243. The predicted molar refractivity (Wildman–Crippen MR) is 128 cm³/mol. The third-order valence-corrected chi connectivity index (χ3v) is 12.1. The summed E-state index contributed by atoms with van der Waals surface area (Å²) in [7, 11) is 0. The van der Waals surface area contributed by atoms with E-state index in [-0.39, 0.29) is 73.3 Å². The minimum absolute atomic E-state index is 0. The van der Waals surface area contributed by atoms with Crippen LogP contribution in [0.1, 0.15) is 99.3 Å². The Kier molecular flexibility index (Phi) is 7.70. The Bertz CT molecular complexity index is 856. The third kappa shape index (κ3) is 3.67. The van der Waals surface area contributed by atoms with E-state index in [9.17, 15) is 15.0 Å². The zero-order chi connectivity index (χ0) is 23.3. The minimum Gasteiger partial charge on any atom is -0.483 e. The van der Waals surface area contributed by atoms with Gasteiger partial charge in [-0.05, 0) is 65.6 Å². The molecule has 34 heavy (non-hydrogen) atoms. The molecule has 0 aliphatic heterocycles. The molecule has 0 aromatic carbocycles. The zero-order valence-electron chi connectivity index (χ0n) is 22.0. The Hall–Kier alpha value is 0.443. The van der Waals surface area contributed by atoms with Gasteiger partial charge in [0.25, 0.3) is 5.97 Å². The first-order chi connectivity index (χ1) is 14.8. The van der Waals surface area contributed by atoms with Gasteiger partial charge in [-0.25, -0.2) is 0 Å². The van der Waals surface area contributed by atoms with Crippen LogP contribution in [0.2, 0.25) is 0 Å². The second kappa shape index (κ2) is 9.03. The summed E-state index contributed by atoms with van der Waals surface area (Å²) in [5.41, 5.74) is 1.44. The van der Waals surface area contributed by atoms with Crippen molar-refractivity contribution in [2.45, 2.75) is 105 Å². The molecule has 5 aliphatic rings. The number of rotatable bonds is 1. The fourth-order valence-corrected chi connectivity index (χ4v) is 9.71. The number of fused-ring (bicyclic) bond motifs is 7. The van der Waals surface area contributed by atoms with Crippen LogP contribution in [0.15, 0.2) is 11.6 Å².